The van der Waals surface area contributed by atoms with Crippen LogP contribution in [0.3, 0.4) is 0 Å². The molecule has 0 saturated carbocycles. The van der Waals surface area contributed by atoms with E-state index < -0.39 is 60.4 Å². The zero-order valence-electron chi connectivity index (χ0n) is 39.4. The molecule has 0 aliphatic heterocycles. The van der Waals surface area contributed by atoms with Gasteiger partial charge in [0.25, 0.3) is 6.33 Å². The second-order valence-electron chi connectivity index (χ2n) is 12.8. The van der Waals surface area contributed by atoms with Crippen molar-refractivity contribution in [2.75, 3.05) is 7.11 Å². The molecule has 5 heteroatoms. The van der Waals surface area contributed by atoms with Gasteiger partial charge in [-0.25, -0.2) is 0 Å². The fourth-order valence-electron chi connectivity index (χ4n) is 7.30. The van der Waals surface area contributed by atoms with Gasteiger partial charge in [-0.2, -0.15) is 0 Å². The van der Waals surface area contributed by atoms with Crippen LogP contribution in [0.4, 0.5) is 0 Å². The number of hydrogen-bond donors (Lipinski definition) is 0. The maximum atomic E-state index is 8.97. The van der Waals surface area contributed by atoms with E-state index >= 15 is 0 Å². The molecular weight excluding hydrogens is 675 g/mol. The van der Waals surface area contributed by atoms with Crippen LogP contribution in [0.15, 0.2) is 194 Å². The molecule has 0 atom stereocenters. The van der Waals surface area contributed by atoms with Crippen LogP contribution in [0.2, 0.25) is 0 Å². The number of rotatable bonds is 8. The van der Waals surface area contributed by atoms with Crippen LogP contribution in [0.25, 0.3) is 72.2 Å². The highest BCUT2D eigenvalue weighted by molar-refractivity contribution is 6.12. The first-order valence-corrected chi connectivity index (χ1v) is 17.6. The Labute approximate surface area is 333 Å². The molecule has 5 nitrogen and oxygen atoms in total. The Bertz CT molecular complexity index is 3440. The monoisotopic (exact) mass is 719 g/mol. The van der Waals surface area contributed by atoms with Crippen LogP contribution in [0, 0.1) is 6.33 Å². The molecule has 10 aromatic rings. The summed E-state index contributed by atoms with van der Waals surface area (Å²) in [6.45, 7) is 0. The van der Waals surface area contributed by atoms with Gasteiger partial charge in [0, 0.05) is 11.1 Å². The van der Waals surface area contributed by atoms with Gasteiger partial charge in [-0.1, -0.05) is 133 Å². The summed E-state index contributed by atoms with van der Waals surface area (Å²) >= 11 is 0. The molecule has 0 amide bonds. The van der Waals surface area contributed by atoms with Gasteiger partial charge in [-0.15, -0.1) is 0 Å². The number of benzene rings is 8. The summed E-state index contributed by atoms with van der Waals surface area (Å²) in [4.78, 5) is 0. The van der Waals surface area contributed by atoms with Gasteiger partial charge in [0.05, 0.1) is 59.6 Å². The first kappa shape index (κ1) is 23.3. The highest BCUT2D eigenvalue weighted by atomic mass is 16.5. The lowest BCUT2D eigenvalue weighted by Gasteiger charge is -2.17. The number of hydrogen-bond acceptors (Lipinski definition) is 2. The molecular formula is C50H35N3O2. The van der Waals surface area contributed by atoms with E-state index in [-0.39, 0.29) is 27.9 Å². The Morgan fingerprint density at radius 1 is 0.564 bits per heavy atom. The van der Waals surface area contributed by atoms with E-state index in [0.717, 1.165) is 33.2 Å². The summed E-state index contributed by atoms with van der Waals surface area (Å²) in [5.41, 5.74) is 5.04. The van der Waals surface area contributed by atoms with E-state index in [1.165, 1.54) is 0 Å². The fourth-order valence-corrected chi connectivity index (χ4v) is 7.30. The van der Waals surface area contributed by atoms with Crippen LogP contribution in [-0.4, -0.2) is 16.2 Å². The van der Waals surface area contributed by atoms with Gasteiger partial charge in [0.2, 0.25) is 0 Å². The summed E-state index contributed by atoms with van der Waals surface area (Å²) in [7, 11) is 1.66. The molecule has 0 unspecified atom stereocenters. The zero-order valence-corrected chi connectivity index (χ0v) is 29.4. The van der Waals surface area contributed by atoms with E-state index in [1.807, 2.05) is 97.1 Å². The second kappa shape index (κ2) is 13.6. The maximum Gasteiger partial charge on any atom is 0.269 e. The van der Waals surface area contributed by atoms with E-state index in [1.54, 1.807) is 34.4 Å². The van der Waals surface area contributed by atoms with Crippen molar-refractivity contribution in [2.24, 2.45) is 0 Å². The Balaban J connectivity index is 1.16. The third-order valence-corrected chi connectivity index (χ3v) is 9.63. The predicted octanol–water partition coefficient (Wildman–Crippen LogP) is 11.9. The highest BCUT2D eigenvalue weighted by Crippen LogP contribution is 2.40. The van der Waals surface area contributed by atoms with Crippen molar-refractivity contribution in [1.82, 2.24) is 9.13 Å². The van der Waals surface area contributed by atoms with E-state index in [0.29, 0.717) is 28.2 Å². The minimum Gasteiger partial charge on any atom is -0.496 e. The van der Waals surface area contributed by atoms with Crippen molar-refractivity contribution >= 4 is 32.8 Å². The van der Waals surface area contributed by atoms with Crippen molar-refractivity contribution in [2.45, 2.75) is 0 Å². The molecule has 0 aliphatic carbocycles. The third kappa shape index (κ3) is 5.61. The number of aromatic nitrogens is 3. The van der Waals surface area contributed by atoms with Crippen molar-refractivity contribution in [3.63, 3.8) is 0 Å². The quantitative estimate of drug-likeness (QED) is 0.116. The number of ether oxygens (including phenoxy) is 2. The van der Waals surface area contributed by atoms with E-state index in [2.05, 4.69) is 29.1 Å². The fraction of sp³-hybridized carbons (Fsp3) is 0.0200. The lowest BCUT2D eigenvalue weighted by Crippen LogP contribution is -2.31. The first-order chi connectivity index (χ1) is 31.4. The third-order valence-electron chi connectivity index (χ3n) is 9.63. The van der Waals surface area contributed by atoms with E-state index in [4.69, 9.17) is 23.2 Å². The van der Waals surface area contributed by atoms with Crippen molar-refractivity contribution in [3.8, 4) is 56.6 Å². The van der Waals surface area contributed by atoms with Gasteiger partial charge in [0.15, 0.2) is 0 Å². The number of nitrogens with zero attached hydrogens (tertiary/aromatic N) is 3. The Kier molecular flexibility index (Phi) is 5.75. The summed E-state index contributed by atoms with van der Waals surface area (Å²) < 4.78 is 105. The molecule has 0 N–H and O–H groups in total. The SMILES string of the molecule is [2H]c1c([2H])c([2H])c(-c2cccc(-c3c([2H])c([2H])c([2H])c([2H])c3[2H])c2-[n+]2[c-]n(-c3cccc(Oc4ccc5c(c4)c4c(OC)cccc4n5-c4ccccc4)c3)c3ccccc32)c([2H])c1[2H]. The molecule has 0 bridgehead atoms. The summed E-state index contributed by atoms with van der Waals surface area (Å²) in [6, 6.07) is 36.4. The number of imidazole rings is 1. The summed E-state index contributed by atoms with van der Waals surface area (Å²) in [6.07, 6.45) is 3.42. The van der Waals surface area contributed by atoms with Gasteiger partial charge in [-0.3, -0.25) is 9.13 Å². The lowest BCUT2D eigenvalue weighted by molar-refractivity contribution is -0.571. The van der Waals surface area contributed by atoms with Crippen LogP contribution in [0.1, 0.15) is 13.7 Å². The predicted molar refractivity (Wildman–Crippen MR) is 222 cm³/mol. The average molecular weight is 720 g/mol. The van der Waals surface area contributed by atoms with Crippen molar-refractivity contribution < 1.29 is 27.7 Å². The largest absolute Gasteiger partial charge is 0.496 e. The molecule has 0 fully saturated rings. The molecule has 0 saturated heterocycles. The van der Waals surface area contributed by atoms with Gasteiger partial charge in [0.1, 0.15) is 17.2 Å². The Morgan fingerprint density at radius 2 is 1.20 bits per heavy atom. The molecule has 55 heavy (non-hydrogen) atoms. The normalized spacial score (nSPS) is 13.9. The van der Waals surface area contributed by atoms with Crippen LogP contribution >= 0.6 is 0 Å². The second-order valence-corrected chi connectivity index (χ2v) is 12.8. The molecule has 2 heterocycles. The summed E-state index contributed by atoms with van der Waals surface area (Å²) in [5, 5.41) is 1.88. The van der Waals surface area contributed by atoms with Crippen LogP contribution in [-0.2, 0) is 0 Å². The standard InChI is InChI=1S/C50H35N3O2/c1-54-48-29-15-28-47-49(48)43-33-40(30-31-44(43)53(47)37-20-9-4-10-21-37)55-39-23-13-22-38(32-39)51-34-52(46-27-12-11-26-45(46)51)50-41(35-16-5-2-6-17-35)24-14-25-42(50)36-18-7-3-8-19-36/h2-33H,1H3/i2D,3D,5D,6D,7D,8D,16D,17D,18D,19D. The molecule has 2 aromatic heterocycles. The minimum atomic E-state index is -0.566. The van der Waals surface area contributed by atoms with Crippen LogP contribution in [0.5, 0.6) is 17.2 Å². The van der Waals surface area contributed by atoms with Crippen LogP contribution < -0.4 is 14.0 Å². The minimum absolute atomic E-state index is 0.130. The number of para-hydroxylation sites is 4. The number of methoxy groups -OCH3 is 1. The zero-order chi connectivity index (χ0) is 45.4. The lowest BCUT2D eigenvalue weighted by atomic mass is 9.95. The molecule has 10 rings (SSSR count). The van der Waals surface area contributed by atoms with Crippen molar-refractivity contribution in [1.29, 1.82) is 0 Å². The van der Waals surface area contributed by atoms with Gasteiger partial charge >= 0.3 is 0 Å². The molecule has 8 aromatic carbocycles. The van der Waals surface area contributed by atoms with Gasteiger partial charge < -0.3 is 14.0 Å². The van der Waals surface area contributed by atoms with Gasteiger partial charge in [-0.05, 0) is 82.9 Å². The van der Waals surface area contributed by atoms with E-state index in [9.17, 15) is 0 Å². The molecule has 0 aliphatic rings. The Hall–Kier alpha value is -7.37. The topological polar surface area (TPSA) is 32.2 Å². The average Bonchev–Trinajstić information content (AvgIpc) is 3.88. The Morgan fingerprint density at radius 3 is 1.95 bits per heavy atom. The molecule has 0 radical (unpaired) electrons. The smallest absolute Gasteiger partial charge is 0.269 e. The number of fused-ring (bicyclic) bond motifs is 4. The maximum absolute atomic E-state index is 8.97. The summed E-state index contributed by atoms with van der Waals surface area (Å²) in [5.74, 6) is 1.82. The first-order valence-electron chi connectivity index (χ1n) is 22.6. The molecule has 0 spiro atoms. The molecule has 262 valence electrons. The highest BCUT2D eigenvalue weighted by Gasteiger charge is 2.20. The van der Waals surface area contributed by atoms with Crippen molar-refractivity contribution in [3.05, 3.63) is 200 Å².